The summed E-state index contributed by atoms with van der Waals surface area (Å²) in [5, 5.41) is 0. The van der Waals surface area contributed by atoms with Crippen LogP contribution in [0.2, 0.25) is 51.4 Å². The van der Waals surface area contributed by atoms with Crippen LogP contribution in [0.25, 0.3) is 0 Å². The van der Waals surface area contributed by atoms with Gasteiger partial charge in [-0.1, -0.05) is 82.8 Å². The molecule has 232 valence electrons. The van der Waals surface area contributed by atoms with Crippen LogP contribution in [-0.2, 0) is 28.6 Å². The highest BCUT2D eigenvalue weighted by molar-refractivity contribution is 6.76. The van der Waals surface area contributed by atoms with Gasteiger partial charge < -0.3 is 14.2 Å². The molecule has 1 saturated heterocycles. The maximum absolute atomic E-state index is 12.3. The molecule has 0 aliphatic carbocycles. The zero-order valence-corrected chi connectivity index (χ0v) is 26.3. The summed E-state index contributed by atoms with van der Waals surface area (Å²) in [5.74, 6) is -0.698. The average molecular weight is 581 g/mol. The standard InChI is InChI=1S/C13H24O4Si.C13H28O2Si.4CH4/c1-6-13(2,9-18(3,4)5)12(15)17-10-7-8-16-11(10)14;1-9-13(5,10-16(6,7)8)11(14)15-12(2,3)4;;;;/h10H,6-9H2,1-5H3;9-10H2,1-8H3;4*1H4. The summed E-state index contributed by atoms with van der Waals surface area (Å²) in [6.45, 7) is 27.8. The van der Waals surface area contributed by atoms with E-state index in [0.29, 0.717) is 13.0 Å². The van der Waals surface area contributed by atoms with Gasteiger partial charge in [0.2, 0.25) is 6.10 Å². The van der Waals surface area contributed by atoms with Gasteiger partial charge in [0.1, 0.15) is 5.60 Å². The summed E-state index contributed by atoms with van der Waals surface area (Å²) in [7, 11) is -2.62. The molecule has 0 radical (unpaired) electrons. The molecule has 0 aromatic rings. The number of carbonyl (C=O) groups excluding carboxylic acids is 3. The molecular weight excluding hydrogens is 512 g/mol. The molecule has 1 heterocycles. The number of carbonyl (C=O) groups is 3. The minimum atomic E-state index is -1.37. The summed E-state index contributed by atoms with van der Waals surface area (Å²) in [4.78, 5) is 35.8. The lowest BCUT2D eigenvalue weighted by Crippen LogP contribution is -2.40. The van der Waals surface area contributed by atoms with E-state index >= 15 is 0 Å². The lowest BCUT2D eigenvalue weighted by atomic mass is 9.90. The molecule has 38 heavy (non-hydrogen) atoms. The average Bonchev–Trinajstić information content (AvgIpc) is 3.02. The zero-order valence-electron chi connectivity index (χ0n) is 24.3. The van der Waals surface area contributed by atoms with Gasteiger partial charge in [-0.05, 0) is 59.5 Å². The molecule has 6 nitrogen and oxygen atoms in total. The Bertz CT molecular complexity index is 703. The fraction of sp³-hybridized carbons (Fsp3) is 0.900. The van der Waals surface area contributed by atoms with E-state index in [1.807, 2.05) is 41.5 Å². The van der Waals surface area contributed by atoms with Gasteiger partial charge in [-0.3, -0.25) is 9.59 Å². The highest BCUT2D eigenvalue weighted by atomic mass is 28.3. The van der Waals surface area contributed by atoms with E-state index in [0.717, 1.165) is 24.9 Å². The first-order valence-electron chi connectivity index (χ1n) is 12.7. The van der Waals surface area contributed by atoms with Crippen LogP contribution in [0, 0.1) is 10.8 Å². The monoisotopic (exact) mass is 580 g/mol. The van der Waals surface area contributed by atoms with E-state index in [9.17, 15) is 14.4 Å². The van der Waals surface area contributed by atoms with Crippen molar-refractivity contribution in [1.82, 2.24) is 0 Å². The second kappa shape index (κ2) is 17.5. The smallest absolute Gasteiger partial charge is 0.347 e. The molecule has 1 aliphatic rings. The van der Waals surface area contributed by atoms with E-state index in [2.05, 4.69) is 46.2 Å². The minimum Gasteiger partial charge on any atom is -0.463 e. The maximum Gasteiger partial charge on any atom is 0.347 e. The molecule has 1 aliphatic heterocycles. The first-order chi connectivity index (χ1) is 15.1. The molecule has 0 spiro atoms. The Balaban J connectivity index is -0.000000174. The lowest BCUT2D eigenvalue weighted by Gasteiger charge is -2.34. The predicted molar refractivity (Wildman–Crippen MR) is 171 cm³/mol. The lowest BCUT2D eigenvalue weighted by molar-refractivity contribution is -0.167. The highest BCUT2D eigenvalue weighted by Crippen LogP contribution is 2.36. The zero-order chi connectivity index (χ0) is 27.2. The van der Waals surface area contributed by atoms with Crippen molar-refractivity contribution in [2.24, 2.45) is 10.8 Å². The van der Waals surface area contributed by atoms with E-state index < -0.39 is 33.6 Å². The molecule has 1 rings (SSSR count). The summed E-state index contributed by atoms with van der Waals surface area (Å²) in [6.07, 6.45) is 1.38. The third-order valence-electron chi connectivity index (χ3n) is 5.92. The van der Waals surface area contributed by atoms with Crippen molar-refractivity contribution < 1.29 is 28.6 Å². The number of esters is 3. The molecule has 0 aromatic carbocycles. The Morgan fingerprint density at radius 2 is 1.16 bits per heavy atom. The van der Waals surface area contributed by atoms with Crippen molar-refractivity contribution in [1.29, 1.82) is 0 Å². The summed E-state index contributed by atoms with van der Waals surface area (Å²) in [6, 6.07) is 1.86. The van der Waals surface area contributed by atoms with Gasteiger partial charge in [-0.15, -0.1) is 0 Å². The van der Waals surface area contributed by atoms with Crippen molar-refractivity contribution in [2.45, 2.75) is 161 Å². The van der Waals surface area contributed by atoms with Crippen LogP contribution in [0.5, 0.6) is 0 Å². The van der Waals surface area contributed by atoms with Gasteiger partial charge in [-0.25, -0.2) is 4.79 Å². The number of ether oxygens (including phenoxy) is 3. The molecule has 0 N–H and O–H groups in total. The fourth-order valence-corrected chi connectivity index (χ4v) is 9.75. The molecule has 0 saturated carbocycles. The van der Waals surface area contributed by atoms with Gasteiger partial charge >= 0.3 is 17.9 Å². The molecule has 1 fully saturated rings. The molecule has 3 atom stereocenters. The quantitative estimate of drug-likeness (QED) is 0.154. The van der Waals surface area contributed by atoms with Crippen LogP contribution in [-0.4, -0.2) is 52.4 Å². The molecule has 8 heteroatoms. The normalized spacial score (nSPS) is 18.1. The van der Waals surface area contributed by atoms with E-state index in [1.165, 1.54) is 0 Å². The summed E-state index contributed by atoms with van der Waals surface area (Å²) < 4.78 is 15.7. The number of rotatable bonds is 9. The maximum atomic E-state index is 12.3. The topological polar surface area (TPSA) is 78.9 Å². The summed E-state index contributed by atoms with van der Waals surface area (Å²) in [5.41, 5.74) is -1.17. The van der Waals surface area contributed by atoms with Crippen molar-refractivity contribution in [3.8, 4) is 0 Å². The van der Waals surface area contributed by atoms with Crippen molar-refractivity contribution in [3.63, 3.8) is 0 Å². The van der Waals surface area contributed by atoms with Crippen molar-refractivity contribution >= 4 is 34.1 Å². The first-order valence-corrected chi connectivity index (χ1v) is 20.1. The largest absolute Gasteiger partial charge is 0.463 e. The SMILES string of the molecule is C.C.C.C.CCC(C)(C[Si](C)(C)C)C(=O)OC(C)(C)C.CCC(C)(C[Si](C)(C)C)C(=O)OC1CCOC1=O. The van der Waals surface area contributed by atoms with E-state index in [-0.39, 0.29) is 52.7 Å². The summed E-state index contributed by atoms with van der Waals surface area (Å²) >= 11 is 0. The third-order valence-corrected chi connectivity index (χ3v) is 9.60. The van der Waals surface area contributed by atoms with Crippen molar-refractivity contribution in [2.75, 3.05) is 6.61 Å². The van der Waals surface area contributed by atoms with Gasteiger partial charge in [-0.2, -0.15) is 0 Å². The Labute approximate surface area is 240 Å². The molecule has 0 amide bonds. The molecule has 0 aromatic heterocycles. The van der Waals surface area contributed by atoms with Crippen LogP contribution >= 0.6 is 0 Å². The Kier molecular flexibility index (Phi) is 21.5. The number of hydrogen-bond donors (Lipinski definition) is 0. The Morgan fingerprint density at radius 3 is 1.42 bits per heavy atom. The molecular formula is C30H68O6Si2. The van der Waals surface area contributed by atoms with Crippen LogP contribution in [0.4, 0.5) is 0 Å². The minimum absolute atomic E-state index is 0. The Hall–Kier alpha value is -1.16. The Morgan fingerprint density at radius 1 is 0.789 bits per heavy atom. The third kappa shape index (κ3) is 17.4. The van der Waals surface area contributed by atoms with Gasteiger partial charge in [0.15, 0.2) is 0 Å². The van der Waals surface area contributed by atoms with E-state index in [1.54, 1.807) is 0 Å². The number of hydrogen-bond acceptors (Lipinski definition) is 6. The van der Waals surface area contributed by atoms with Gasteiger partial charge in [0, 0.05) is 22.6 Å². The van der Waals surface area contributed by atoms with Crippen LogP contribution in [0.1, 0.15) is 97.4 Å². The molecule has 0 bridgehead atoms. The van der Waals surface area contributed by atoms with Crippen LogP contribution in [0.3, 0.4) is 0 Å². The predicted octanol–water partition coefficient (Wildman–Crippen LogP) is 9.23. The van der Waals surface area contributed by atoms with Gasteiger partial charge in [0.25, 0.3) is 0 Å². The van der Waals surface area contributed by atoms with Crippen LogP contribution in [0.15, 0.2) is 0 Å². The highest BCUT2D eigenvalue weighted by Gasteiger charge is 2.41. The fourth-order valence-electron chi connectivity index (χ4n) is 4.28. The molecule has 3 unspecified atom stereocenters. The second-order valence-corrected chi connectivity index (χ2v) is 24.6. The van der Waals surface area contributed by atoms with Crippen LogP contribution < -0.4 is 0 Å². The number of cyclic esters (lactones) is 1. The van der Waals surface area contributed by atoms with Gasteiger partial charge in [0.05, 0.1) is 17.4 Å². The first kappa shape index (κ1) is 46.7. The van der Waals surface area contributed by atoms with E-state index in [4.69, 9.17) is 14.2 Å². The second-order valence-electron chi connectivity index (χ2n) is 13.7. The van der Waals surface area contributed by atoms with Crippen molar-refractivity contribution in [3.05, 3.63) is 0 Å².